The van der Waals surface area contributed by atoms with E-state index in [0.717, 1.165) is 22.8 Å². The van der Waals surface area contributed by atoms with E-state index < -0.39 is 0 Å². The first-order valence-corrected chi connectivity index (χ1v) is 10.00. The summed E-state index contributed by atoms with van der Waals surface area (Å²) in [4.78, 5) is 12.5. The van der Waals surface area contributed by atoms with E-state index in [-0.39, 0.29) is 17.2 Å². The summed E-state index contributed by atoms with van der Waals surface area (Å²) in [5, 5.41) is 19.9. The van der Waals surface area contributed by atoms with Crippen LogP contribution in [0.5, 0.6) is 0 Å². The number of thioether (sulfide) groups is 1. The van der Waals surface area contributed by atoms with E-state index >= 15 is 0 Å². The van der Waals surface area contributed by atoms with Crippen molar-refractivity contribution < 1.29 is 4.79 Å². The minimum absolute atomic E-state index is 0.122. The molecule has 0 spiro atoms. The maximum absolute atomic E-state index is 12.5. The number of benzene rings is 1. The lowest BCUT2D eigenvalue weighted by molar-refractivity contribution is -0.113. The van der Waals surface area contributed by atoms with Crippen LogP contribution in [0.25, 0.3) is 5.69 Å². The number of nitrogens with one attached hydrogen (secondary N) is 1. The number of hydrogen-bond acceptors (Lipinski definition) is 6. The van der Waals surface area contributed by atoms with Crippen molar-refractivity contribution in [2.75, 3.05) is 11.1 Å². The van der Waals surface area contributed by atoms with Gasteiger partial charge in [0.05, 0.1) is 34.1 Å². The Kier molecular flexibility index (Phi) is 5.55. The quantitative estimate of drug-likeness (QED) is 0.662. The molecule has 8 nitrogen and oxygen atoms in total. The molecule has 1 amide bonds. The van der Waals surface area contributed by atoms with E-state index in [0.29, 0.717) is 5.16 Å². The van der Waals surface area contributed by atoms with Gasteiger partial charge in [0.2, 0.25) is 11.1 Å². The Labute approximate surface area is 168 Å². The molecule has 3 rings (SSSR count). The predicted octanol–water partition coefficient (Wildman–Crippen LogP) is 3.27. The second-order valence-electron chi connectivity index (χ2n) is 7.67. The molecule has 1 N–H and O–H groups in total. The standard InChI is InChI=1S/C19H25N7OS/c1-12-7-9-15(10-8-12)25-14(3)17(13(2)22-25)20-16(27)11-28-18-21-23-24-26(18)19(4,5)6/h7-10H,11H2,1-6H3,(H,20,27). The van der Waals surface area contributed by atoms with Gasteiger partial charge in [-0.2, -0.15) is 5.10 Å². The molecular formula is C19H25N7OS. The summed E-state index contributed by atoms with van der Waals surface area (Å²) in [6.07, 6.45) is 0. The molecule has 0 aliphatic rings. The maximum Gasteiger partial charge on any atom is 0.234 e. The summed E-state index contributed by atoms with van der Waals surface area (Å²) >= 11 is 1.31. The summed E-state index contributed by atoms with van der Waals surface area (Å²) in [5.74, 6) is 0.0912. The van der Waals surface area contributed by atoms with Gasteiger partial charge in [-0.15, -0.1) is 5.10 Å². The monoisotopic (exact) mass is 399 g/mol. The van der Waals surface area contributed by atoms with E-state index in [1.165, 1.54) is 17.3 Å². The van der Waals surface area contributed by atoms with Crippen molar-refractivity contribution in [2.24, 2.45) is 0 Å². The molecule has 0 aliphatic carbocycles. The van der Waals surface area contributed by atoms with Crippen LogP contribution >= 0.6 is 11.8 Å². The Morgan fingerprint density at radius 2 is 1.82 bits per heavy atom. The first-order chi connectivity index (χ1) is 13.2. The molecule has 9 heteroatoms. The number of carbonyl (C=O) groups excluding carboxylic acids is 1. The van der Waals surface area contributed by atoms with Crippen LogP contribution in [0.1, 0.15) is 37.7 Å². The van der Waals surface area contributed by atoms with Crippen molar-refractivity contribution >= 4 is 23.4 Å². The molecule has 2 aromatic heterocycles. The zero-order chi connectivity index (χ0) is 20.5. The van der Waals surface area contributed by atoms with Crippen LogP contribution in [-0.2, 0) is 10.3 Å². The van der Waals surface area contributed by atoms with Crippen LogP contribution in [0.3, 0.4) is 0 Å². The Balaban J connectivity index is 1.71. The summed E-state index contributed by atoms with van der Waals surface area (Å²) in [6.45, 7) is 11.9. The van der Waals surface area contributed by atoms with E-state index in [9.17, 15) is 4.79 Å². The van der Waals surface area contributed by atoms with Gasteiger partial charge in [0.25, 0.3) is 0 Å². The highest BCUT2D eigenvalue weighted by molar-refractivity contribution is 7.99. The van der Waals surface area contributed by atoms with Crippen LogP contribution < -0.4 is 5.32 Å². The molecule has 0 saturated carbocycles. The average molecular weight is 400 g/mol. The summed E-state index contributed by atoms with van der Waals surface area (Å²) in [5.41, 5.74) is 4.31. The third-order valence-corrected chi connectivity index (χ3v) is 5.16. The highest BCUT2D eigenvalue weighted by Gasteiger charge is 2.21. The van der Waals surface area contributed by atoms with Gasteiger partial charge in [-0.25, -0.2) is 9.36 Å². The second kappa shape index (κ2) is 7.75. The van der Waals surface area contributed by atoms with Crippen molar-refractivity contribution in [3.8, 4) is 5.69 Å². The largest absolute Gasteiger partial charge is 0.322 e. The van der Waals surface area contributed by atoms with Crippen molar-refractivity contribution in [2.45, 2.75) is 52.2 Å². The molecule has 148 valence electrons. The second-order valence-corrected chi connectivity index (χ2v) is 8.62. The lowest BCUT2D eigenvalue weighted by Crippen LogP contribution is -2.24. The van der Waals surface area contributed by atoms with Crippen molar-refractivity contribution in [3.05, 3.63) is 41.2 Å². The van der Waals surface area contributed by atoms with Crippen molar-refractivity contribution in [1.82, 2.24) is 30.0 Å². The lowest BCUT2D eigenvalue weighted by Gasteiger charge is -2.19. The molecule has 3 aromatic rings. The molecule has 0 radical (unpaired) electrons. The molecule has 2 heterocycles. The van der Waals surface area contributed by atoms with Gasteiger partial charge < -0.3 is 5.32 Å². The number of amides is 1. The van der Waals surface area contributed by atoms with Crippen LogP contribution in [0, 0.1) is 20.8 Å². The van der Waals surface area contributed by atoms with Gasteiger partial charge >= 0.3 is 0 Å². The van der Waals surface area contributed by atoms with Crippen LogP contribution in [0.2, 0.25) is 0 Å². The van der Waals surface area contributed by atoms with Crippen molar-refractivity contribution in [1.29, 1.82) is 0 Å². The van der Waals surface area contributed by atoms with Crippen LogP contribution in [0.4, 0.5) is 5.69 Å². The summed E-state index contributed by atoms with van der Waals surface area (Å²) < 4.78 is 3.56. The molecule has 0 bridgehead atoms. The number of rotatable bonds is 5. The predicted molar refractivity (Wildman–Crippen MR) is 110 cm³/mol. The van der Waals surface area contributed by atoms with E-state index in [1.807, 2.05) is 70.5 Å². The normalized spacial score (nSPS) is 11.6. The zero-order valence-corrected chi connectivity index (χ0v) is 17.8. The number of aromatic nitrogens is 6. The Morgan fingerprint density at radius 1 is 1.14 bits per heavy atom. The summed E-state index contributed by atoms with van der Waals surface area (Å²) in [7, 11) is 0. The molecule has 1 aromatic carbocycles. The Hall–Kier alpha value is -2.68. The first-order valence-electron chi connectivity index (χ1n) is 9.01. The van der Waals surface area contributed by atoms with Gasteiger partial charge in [0.15, 0.2) is 0 Å². The first kappa shape index (κ1) is 20.1. The van der Waals surface area contributed by atoms with E-state index in [2.05, 4.69) is 25.9 Å². The number of aryl methyl sites for hydroxylation is 2. The molecule has 0 atom stereocenters. The SMILES string of the molecule is Cc1ccc(-n2nc(C)c(NC(=O)CSc3nnnn3C(C)(C)C)c2C)cc1. The Bertz CT molecular complexity index is 983. The van der Waals surface area contributed by atoms with E-state index in [4.69, 9.17) is 0 Å². The number of carbonyl (C=O) groups is 1. The fraction of sp³-hybridized carbons (Fsp3) is 0.421. The van der Waals surface area contributed by atoms with Crippen molar-refractivity contribution in [3.63, 3.8) is 0 Å². The average Bonchev–Trinajstić information content (AvgIpc) is 3.21. The summed E-state index contributed by atoms with van der Waals surface area (Å²) in [6, 6.07) is 8.12. The minimum atomic E-state index is -0.245. The molecule has 0 saturated heterocycles. The van der Waals surface area contributed by atoms with Gasteiger partial charge in [0.1, 0.15) is 0 Å². The van der Waals surface area contributed by atoms with Crippen LogP contribution in [-0.4, -0.2) is 41.6 Å². The minimum Gasteiger partial charge on any atom is -0.322 e. The van der Waals surface area contributed by atoms with Crippen LogP contribution in [0.15, 0.2) is 29.4 Å². The van der Waals surface area contributed by atoms with E-state index in [1.54, 1.807) is 4.68 Å². The zero-order valence-electron chi connectivity index (χ0n) is 17.0. The molecule has 0 fully saturated rings. The molecule has 0 unspecified atom stereocenters. The van der Waals surface area contributed by atoms with Gasteiger partial charge in [-0.3, -0.25) is 4.79 Å². The number of hydrogen-bond donors (Lipinski definition) is 1. The smallest absolute Gasteiger partial charge is 0.234 e. The van der Waals surface area contributed by atoms with Gasteiger partial charge in [0, 0.05) is 0 Å². The highest BCUT2D eigenvalue weighted by Crippen LogP contribution is 2.25. The van der Waals surface area contributed by atoms with Gasteiger partial charge in [-0.1, -0.05) is 29.5 Å². The fourth-order valence-corrected chi connectivity index (χ4v) is 3.62. The van der Waals surface area contributed by atoms with Gasteiger partial charge in [-0.05, 0) is 64.1 Å². The number of tetrazole rings is 1. The molecule has 28 heavy (non-hydrogen) atoms. The lowest BCUT2D eigenvalue weighted by atomic mass is 10.1. The molecule has 0 aliphatic heterocycles. The molecular weight excluding hydrogens is 374 g/mol. The number of nitrogens with zero attached hydrogens (tertiary/aromatic N) is 6. The topological polar surface area (TPSA) is 90.5 Å². The third-order valence-electron chi connectivity index (χ3n) is 4.24. The third kappa shape index (κ3) is 4.24. The maximum atomic E-state index is 12.5. The highest BCUT2D eigenvalue weighted by atomic mass is 32.2. The fourth-order valence-electron chi connectivity index (χ4n) is 2.76. The number of anilines is 1. The Morgan fingerprint density at radius 3 is 2.46 bits per heavy atom.